The maximum atomic E-state index is 13.8. The van der Waals surface area contributed by atoms with Gasteiger partial charge in [-0.25, -0.2) is 9.07 Å². The zero-order valence-electron chi connectivity index (χ0n) is 11.7. The molecule has 0 amide bonds. The van der Waals surface area contributed by atoms with E-state index in [-0.39, 0.29) is 11.8 Å². The Labute approximate surface area is 125 Å². The van der Waals surface area contributed by atoms with Crippen molar-refractivity contribution in [3.8, 4) is 11.6 Å². The largest absolute Gasteiger partial charge is 0.436 e. The monoisotopic (exact) mass is 341 g/mol. The van der Waals surface area contributed by atoms with E-state index >= 15 is 0 Å². The molecule has 1 aromatic heterocycles. The molecular formula is C14H17BrFN3O. The van der Waals surface area contributed by atoms with E-state index in [1.807, 2.05) is 13.8 Å². The van der Waals surface area contributed by atoms with Crippen molar-refractivity contribution < 1.29 is 9.13 Å². The molecule has 20 heavy (non-hydrogen) atoms. The molecule has 2 aromatic rings. The molecule has 6 heteroatoms. The number of aromatic nitrogens is 2. The third kappa shape index (κ3) is 3.19. The molecule has 2 rings (SSSR count). The van der Waals surface area contributed by atoms with Crippen LogP contribution >= 0.6 is 15.9 Å². The molecule has 0 aliphatic heterocycles. The minimum atomic E-state index is -0.418. The van der Waals surface area contributed by atoms with Crippen molar-refractivity contribution in [1.29, 1.82) is 0 Å². The van der Waals surface area contributed by atoms with E-state index in [4.69, 9.17) is 10.5 Å². The molecule has 0 saturated carbocycles. The first-order valence-electron chi connectivity index (χ1n) is 6.29. The fourth-order valence-corrected chi connectivity index (χ4v) is 2.37. The highest BCUT2D eigenvalue weighted by Crippen LogP contribution is 2.31. The van der Waals surface area contributed by atoms with Gasteiger partial charge in [0.05, 0.1) is 5.69 Å². The van der Waals surface area contributed by atoms with Gasteiger partial charge in [-0.15, -0.1) is 0 Å². The van der Waals surface area contributed by atoms with E-state index < -0.39 is 5.82 Å². The maximum absolute atomic E-state index is 13.8. The number of nitrogens with zero attached hydrogens (tertiary/aromatic N) is 2. The first-order valence-corrected chi connectivity index (χ1v) is 7.08. The topological polar surface area (TPSA) is 53.1 Å². The molecule has 0 radical (unpaired) electrons. The molecule has 4 nitrogen and oxygen atoms in total. The molecule has 1 aromatic carbocycles. The van der Waals surface area contributed by atoms with E-state index in [0.29, 0.717) is 12.3 Å². The zero-order chi connectivity index (χ0) is 14.9. The Morgan fingerprint density at radius 1 is 1.50 bits per heavy atom. The summed E-state index contributed by atoms with van der Waals surface area (Å²) in [5, 5.41) is 4.31. The van der Waals surface area contributed by atoms with Gasteiger partial charge in [-0.2, -0.15) is 5.10 Å². The van der Waals surface area contributed by atoms with Crippen LogP contribution in [0.25, 0.3) is 0 Å². The Balaban J connectivity index is 2.40. The Kier molecular flexibility index (Phi) is 4.45. The summed E-state index contributed by atoms with van der Waals surface area (Å²) in [6.45, 7) is 3.80. The molecule has 0 fully saturated rings. The summed E-state index contributed by atoms with van der Waals surface area (Å²) < 4.78 is 21.9. The van der Waals surface area contributed by atoms with Gasteiger partial charge in [0.25, 0.3) is 0 Å². The number of halogens is 2. The second-order valence-electron chi connectivity index (χ2n) is 4.85. The van der Waals surface area contributed by atoms with Gasteiger partial charge >= 0.3 is 0 Å². The number of rotatable bonds is 4. The van der Waals surface area contributed by atoms with Gasteiger partial charge in [0.1, 0.15) is 0 Å². The van der Waals surface area contributed by atoms with Crippen LogP contribution in [-0.4, -0.2) is 15.8 Å². The average Bonchev–Trinajstić information content (AvgIpc) is 2.60. The van der Waals surface area contributed by atoms with Gasteiger partial charge in [-0.1, -0.05) is 15.9 Å². The molecule has 0 aliphatic rings. The molecule has 1 atom stereocenters. The van der Waals surface area contributed by atoms with Crippen LogP contribution in [0, 0.1) is 12.7 Å². The SMILES string of the molecule is Cc1nn(C)c(Oc2cc(Br)ccc2F)c1CC(C)N. The predicted octanol–water partition coefficient (Wildman–Crippen LogP) is 3.31. The summed E-state index contributed by atoms with van der Waals surface area (Å²) in [6, 6.07) is 4.55. The van der Waals surface area contributed by atoms with E-state index in [1.54, 1.807) is 23.9 Å². The van der Waals surface area contributed by atoms with Crippen LogP contribution in [0.15, 0.2) is 22.7 Å². The molecule has 0 spiro atoms. The molecule has 108 valence electrons. The highest BCUT2D eigenvalue weighted by Gasteiger charge is 2.18. The Hall–Kier alpha value is -1.40. The molecule has 1 heterocycles. The van der Waals surface area contributed by atoms with Gasteiger partial charge in [0, 0.05) is 23.1 Å². The lowest BCUT2D eigenvalue weighted by Crippen LogP contribution is -2.18. The number of aryl methyl sites for hydroxylation is 2. The zero-order valence-corrected chi connectivity index (χ0v) is 13.2. The van der Waals surface area contributed by atoms with E-state index in [0.717, 1.165) is 15.7 Å². The van der Waals surface area contributed by atoms with Crippen LogP contribution < -0.4 is 10.5 Å². The van der Waals surface area contributed by atoms with Gasteiger partial charge in [0.15, 0.2) is 11.6 Å². The lowest BCUT2D eigenvalue weighted by atomic mass is 10.1. The minimum absolute atomic E-state index is 0.0207. The summed E-state index contributed by atoms with van der Waals surface area (Å²) in [7, 11) is 1.77. The standard InChI is InChI=1S/C14H17BrFN3O/c1-8(17)6-11-9(2)18-19(3)14(11)20-13-7-10(15)4-5-12(13)16/h4-5,7-8H,6,17H2,1-3H3. The number of hydrogen-bond acceptors (Lipinski definition) is 3. The second kappa shape index (κ2) is 5.93. The fraction of sp³-hybridized carbons (Fsp3) is 0.357. The van der Waals surface area contributed by atoms with E-state index in [1.165, 1.54) is 6.07 Å². The Morgan fingerprint density at radius 2 is 2.20 bits per heavy atom. The highest BCUT2D eigenvalue weighted by atomic mass is 79.9. The first-order chi connectivity index (χ1) is 9.38. The molecular weight excluding hydrogens is 325 g/mol. The van der Waals surface area contributed by atoms with Crippen LogP contribution in [0.3, 0.4) is 0 Å². The molecule has 2 N–H and O–H groups in total. The lowest BCUT2D eigenvalue weighted by molar-refractivity contribution is 0.398. The van der Waals surface area contributed by atoms with Crippen LogP contribution in [0.1, 0.15) is 18.2 Å². The number of nitrogens with two attached hydrogens (primary N) is 1. The van der Waals surface area contributed by atoms with Crippen molar-refractivity contribution in [1.82, 2.24) is 9.78 Å². The number of hydrogen-bond donors (Lipinski definition) is 1. The highest BCUT2D eigenvalue weighted by molar-refractivity contribution is 9.10. The van der Waals surface area contributed by atoms with Crippen molar-refractivity contribution in [3.05, 3.63) is 39.7 Å². The van der Waals surface area contributed by atoms with Crippen molar-refractivity contribution in [2.45, 2.75) is 26.3 Å². The summed E-state index contributed by atoms with van der Waals surface area (Å²) in [6.07, 6.45) is 0.630. The lowest BCUT2D eigenvalue weighted by Gasteiger charge is -2.11. The van der Waals surface area contributed by atoms with Crippen LogP contribution in [-0.2, 0) is 13.5 Å². The molecule has 0 aliphatic carbocycles. The second-order valence-corrected chi connectivity index (χ2v) is 5.77. The molecule has 0 bridgehead atoms. The average molecular weight is 342 g/mol. The van der Waals surface area contributed by atoms with Gasteiger partial charge < -0.3 is 10.5 Å². The van der Waals surface area contributed by atoms with Gasteiger partial charge in [0.2, 0.25) is 5.88 Å². The number of benzene rings is 1. The summed E-state index contributed by atoms with van der Waals surface area (Å²) in [4.78, 5) is 0. The van der Waals surface area contributed by atoms with E-state index in [9.17, 15) is 4.39 Å². The smallest absolute Gasteiger partial charge is 0.221 e. The quantitative estimate of drug-likeness (QED) is 0.928. The molecule has 1 unspecified atom stereocenters. The summed E-state index contributed by atoms with van der Waals surface area (Å²) in [5.74, 6) is 0.267. The van der Waals surface area contributed by atoms with Crippen LogP contribution in [0.2, 0.25) is 0 Å². The van der Waals surface area contributed by atoms with Gasteiger partial charge in [-0.05, 0) is 38.5 Å². The Bertz CT molecular complexity index is 625. The Morgan fingerprint density at radius 3 is 2.85 bits per heavy atom. The first kappa shape index (κ1) is 15.0. The van der Waals surface area contributed by atoms with Crippen molar-refractivity contribution in [2.75, 3.05) is 0 Å². The predicted molar refractivity (Wildman–Crippen MR) is 79.5 cm³/mol. The molecule has 0 saturated heterocycles. The summed E-state index contributed by atoms with van der Waals surface area (Å²) in [5.41, 5.74) is 7.59. The van der Waals surface area contributed by atoms with Crippen molar-refractivity contribution >= 4 is 15.9 Å². The van der Waals surface area contributed by atoms with Gasteiger partial charge in [-0.3, -0.25) is 0 Å². The van der Waals surface area contributed by atoms with Crippen molar-refractivity contribution in [3.63, 3.8) is 0 Å². The van der Waals surface area contributed by atoms with Crippen LogP contribution in [0.5, 0.6) is 11.6 Å². The third-order valence-corrected chi connectivity index (χ3v) is 3.41. The normalized spacial score (nSPS) is 12.5. The number of ether oxygens (including phenoxy) is 1. The van der Waals surface area contributed by atoms with Crippen molar-refractivity contribution in [2.24, 2.45) is 12.8 Å². The van der Waals surface area contributed by atoms with E-state index in [2.05, 4.69) is 21.0 Å². The third-order valence-electron chi connectivity index (χ3n) is 2.91. The maximum Gasteiger partial charge on any atom is 0.221 e. The minimum Gasteiger partial charge on any atom is -0.436 e. The van der Waals surface area contributed by atoms with Crippen LogP contribution in [0.4, 0.5) is 4.39 Å². The fourth-order valence-electron chi connectivity index (χ4n) is 2.03. The summed E-state index contributed by atoms with van der Waals surface area (Å²) >= 11 is 3.30.